The lowest BCUT2D eigenvalue weighted by atomic mass is 10.2. The summed E-state index contributed by atoms with van der Waals surface area (Å²) in [5.41, 5.74) is 0. The van der Waals surface area contributed by atoms with Gasteiger partial charge in [0.15, 0.2) is 0 Å². The predicted molar refractivity (Wildman–Crippen MR) is 53.7 cm³/mol. The molecule has 0 saturated carbocycles. The summed E-state index contributed by atoms with van der Waals surface area (Å²) in [6, 6.07) is 0. The van der Waals surface area contributed by atoms with E-state index >= 15 is 0 Å². The average molecular weight is 220 g/mol. The molecule has 1 heterocycles. The summed E-state index contributed by atoms with van der Waals surface area (Å²) in [5, 5.41) is 7.85. The molecule has 1 N–H and O–H groups in total. The van der Waals surface area contributed by atoms with Crippen molar-refractivity contribution in [2.45, 2.75) is 37.5 Å². The predicted octanol–water partition coefficient (Wildman–Crippen LogP) is 0.777. The maximum absolute atomic E-state index is 11.4. The van der Waals surface area contributed by atoms with Crippen molar-refractivity contribution >= 4 is 16.8 Å². The molecule has 0 aliphatic carbocycles. The van der Waals surface area contributed by atoms with E-state index in [2.05, 4.69) is 0 Å². The Morgan fingerprint density at radius 1 is 1.71 bits per heavy atom. The molecule has 3 atom stereocenters. The third kappa shape index (κ3) is 3.38. The first-order valence-electron chi connectivity index (χ1n) is 4.83. The normalized spacial score (nSPS) is 25.9. The zero-order valence-electron chi connectivity index (χ0n) is 8.27. The van der Waals surface area contributed by atoms with Crippen molar-refractivity contribution in [3.63, 3.8) is 0 Å². The first kappa shape index (κ1) is 11.7. The van der Waals surface area contributed by atoms with Gasteiger partial charge in [-0.25, -0.2) is 0 Å². The van der Waals surface area contributed by atoms with Gasteiger partial charge in [-0.3, -0.25) is 9.00 Å². The molecular weight excluding hydrogens is 204 g/mol. The zero-order chi connectivity index (χ0) is 10.6. The molecule has 0 bridgehead atoms. The monoisotopic (exact) mass is 220 g/mol. The van der Waals surface area contributed by atoms with Gasteiger partial charge in [0, 0.05) is 23.2 Å². The Morgan fingerprint density at radius 2 is 2.43 bits per heavy atom. The van der Waals surface area contributed by atoms with Crippen LogP contribution in [0.15, 0.2) is 0 Å². The molecule has 1 saturated heterocycles. The van der Waals surface area contributed by atoms with Crippen LogP contribution in [0.1, 0.15) is 26.2 Å². The molecular formula is C9H16O4S. The van der Waals surface area contributed by atoms with Crippen LogP contribution in [-0.2, 0) is 20.3 Å². The quantitative estimate of drug-likeness (QED) is 0.743. The van der Waals surface area contributed by atoms with Crippen molar-refractivity contribution in [1.29, 1.82) is 0 Å². The number of hydrogen-bond donors (Lipinski definition) is 1. The lowest BCUT2D eigenvalue weighted by Gasteiger charge is -2.10. The van der Waals surface area contributed by atoms with Crippen molar-refractivity contribution in [3.8, 4) is 0 Å². The van der Waals surface area contributed by atoms with Crippen molar-refractivity contribution < 1.29 is 18.8 Å². The highest BCUT2D eigenvalue weighted by atomic mass is 32.2. The van der Waals surface area contributed by atoms with Crippen LogP contribution in [0.4, 0.5) is 0 Å². The summed E-state index contributed by atoms with van der Waals surface area (Å²) in [6.07, 6.45) is 2.98. The van der Waals surface area contributed by atoms with Crippen molar-refractivity contribution in [1.82, 2.24) is 0 Å². The molecule has 0 aromatic rings. The Hall–Kier alpha value is -0.420. The summed E-state index contributed by atoms with van der Waals surface area (Å²) in [5.74, 6) is -0.561. The molecule has 1 aliphatic rings. The second-order valence-corrected chi connectivity index (χ2v) is 5.37. The fraction of sp³-hybridized carbons (Fsp3) is 0.889. The molecule has 0 aromatic carbocycles. The third-order valence-electron chi connectivity index (χ3n) is 2.41. The van der Waals surface area contributed by atoms with Gasteiger partial charge in [0.05, 0.1) is 6.10 Å². The van der Waals surface area contributed by atoms with Gasteiger partial charge in [0.1, 0.15) is 5.25 Å². The lowest BCUT2D eigenvalue weighted by Crippen LogP contribution is -2.25. The Balaban J connectivity index is 2.23. The first-order chi connectivity index (χ1) is 6.61. The molecule has 82 valence electrons. The number of hydrogen-bond acceptors (Lipinski definition) is 3. The number of carboxylic acids is 1. The van der Waals surface area contributed by atoms with Gasteiger partial charge in [-0.1, -0.05) is 0 Å². The zero-order valence-corrected chi connectivity index (χ0v) is 9.09. The number of carbonyl (C=O) groups is 1. The fourth-order valence-corrected chi connectivity index (χ4v) is 2.48. The Kier molecular flexibility index (Phi) is 4.54. The maximum atomic E-state index is 11.4. The van der Waals surface area contributed by atoms with E-state index in [0.29, 0.717) is 12.2 Å². The first-order valence-corrected chi connectivity index (χ1v) is 6.21. The van der Waals surface area contributed by atoms with Gasteiger partial charge >= 0.3 is 5.97 Å². The minimum Gasteiger partial charge on any atom is -0.480 e. The molecule has 14 heavy (non-hydrogen) atoms. The molecule has 0 radical (unpaired) electrons. The van der Waals surface area contributed by atoms with Crippen LogP contribution in [0.3, 0.4) is 0 Å². The van der Waals surface area contributed by atoms with E-state index in [4.69, 9.17) is 9.84 Å². The molecule has 0 amide bonds. The van der Waals surface area contributed by atoms with E-state index < -0.39 is 22.0 Å². The highest BCUT2D eigenvalue weighted by molar-refractivity contribution is 7.86. The summed E-state index contributed by atoms with van der Waals surface area (Å²) in [7, 11) is -1.27. The van der Waals surface area contributed by atoms with Gasteiger partial charge in [-0.05, 0) is 26.2 Å². The molecule has 1 rings (SSSR count). The van der Waals surface area contributed by atoms with Gasteiger partial charge < -0.3 is 9.84 Å². The SMILES string of the molecule is CC(C(=O)O)S(=O)CCC1CCCO1. The Morgan fingerprint density at radius 3 is 2.93 bits per heavy atom. The van der Waals surface area contributed by atoms with E-state index in [1.54, 1.807) is 0 Å². The topological polar surface area (TPSA) is 63.6 Å². The number of aliphatic carboxylic acids is 1. The van der Waals surface area contributed by atoms with Gasteiger partial charge in [0.25, 0.3) is 0 Å². The minimum absolute atomic E-state index is 0.194. The summed E-state index contributed by atoms with van der Waals surface area (Å²) in [6.45, 7) is 2.26. The van der Waals surface area contributed by atoms with Crippen LogP contribution in [0.2, 0.25) is 0 Å². The highest BCUT2D eigenvalue weighted by Gasteiger charge is 2.21. The molecule has 0 aromatic heterocycles. The van der Waals surface area contributed by atoms with E-state index in [0.717, 1.165) is 19.4 Å². The Bertz CT molecular complexity index is 223. The molecule has 5 heteroatoms. The fourth-order valence-electron chi connectivity index (χ4n) is 1.41. The van der Waals surface area contributed by atoms with E-state index in [-0.39, 0.29) is 6.10 Å². The van der Waals surface area contributed by atoms with Crippen LogP contribution < -0.4 is 0 Å². The second-order valence-electron chi connectivity index (χ2n) is 3.49. The van der Waals surface area contributed by atoms with Crippen molar-refractivity contribution in [3.05, 3.63) is 0 Å². The lowest BCUT2D eigenvalue weighted by molar-refractivity contribution is -0.136. The number of rotatable bonds is 5. The van der Waals surface area contributed by atoms with Crippen molar-refractivity contribution in [2.24, 2.45) is 0 Å². The van der Waals surface area contributed by atoms with E-state index in [9.17, 15) is 9.00 Å². The standard InChI is InChI=1S/C9H16O4S/c1-7(9(10)11)14(12)6-4-8-3-2-5-13-8/h7-8H,2-6H2,1H3,(H,10,11). The summed E-state index contributed by atoms with van der Waals surface area (Å²) < 4.78 is 16.8. The molecule has 1 aliphatic heterocycles. The molecule has 1 fully saturated rings. The number of carboxylic acid groups (broad SMARTS) is 1. The van der Waals surface area contributed by atoms with Crippen molar-refractivity contribution in [2.75, 3.05) is 12.4 Å². The smallest absolute Gasteiger partial charge is 0.318 e. The van der Waals surface area contributed by atoms with E-state index in [1.807, 2.05) is 0 Å². The molecule has 0 spiro atoms. The third-order valence-corrected chi connectivity index (χ3v) is 4.04. The number of ether oxygens (including phenoxy) is 1. The largest absolute Gasteiger partial charge is 0.480 e. The minimum atomic E-state index is -1.27. The Labute approximate surface area is 86.1 Å². The van der Waals surface area contributed by atoms with Gasteiger partial charge in [-0.2, -0.15) is 0 Å². The summed E-state index contributed by atoms with van der Waals surface area (Å²) in [4.78, 5) is 10.5. The average Bonchev–Trinajstić information content (AvgIpc) is 2.65. The van der Waals surface area contributed by atoms with Crippen LogP contribution in [0, 0.1) is 0 Å². The highest BCUT2D eigenvalue weighted by Crippen LogP contribution is 2.16. The van der Waals surface area contributed by atoms with Crippen LogP contribution in [0.5, 0.6) is 0 Å². The van der Waals surface area contributed by atoms with E-state index in [1.165, 1.54) is 6.92 Å². The van der Waals surface area contributed by atoms with Crippen LogP contribution in [0.25, 0.3) is 0 Å². The van der Waals surface area contributed by atoms with Gasteiger partial charge in [-0.15, -0.1) is 0 Å². The maximum Gasteiger partial charge on any atom is 0.318 e. The molecule has 4 nitrogen and oxygen atoms in total. The molecule has 3 unspecified atom stereocenters. The van der Waals surface area contributed by atoms with Crippen LogP contribution in [-0.4, -0.2) is 39.0 Å². The van der Waals surface area contributed by atoms with Crippen LogP contribution >= 0.6 is 0 Å². The second kappa shape index (κ2) is 5.46. The van der Waals surface area contributed by atoms with Gasteiger partial charge in [0.2, 0.25) is 0 Å². The summed E-state index contributed by atoms with van der Waals surface area (Å²) >= 11 is 0.